The first kappa shape index (κ1) is 24.0. The summed E-state index contributed by atoms with van der Waals surface area (Å²) in [6.07, 6.45) is 13.1. The van der Waals surface area contributed by atoms with Gasteiger partial charge in [0.2, 0.25) is 0 Å². The number of aliphatic hydroxyl groups is 1. The highest BCUT2D eigenvalue weighted by molar-refractivity contribution is 4.85. The van der Waals surface area contributed by atoms with Crippen LogP contribution in [0.2, 0.25) is 0 Å². The van der Waals surface area contributed by atoms with E-state index in [-0.39, 0.29) is 5.60 Å². The molecule has 1 aliphatic carbocycles. The van der Waals surface area contributed by atoms with E-state index in [2.05, 4.69) is 34.6 Å². The van der Waals surface area contributed by atoms with Crippen LogP contribution in [0.1, 0.15) is 113 Å². The largest absolute Gasteiger partial charge is 0.390 e. The van der Waals surface area contributed by atoms with Crippen molar-refractivity contribution in [1.82, 2.24) is 0 Å². The molecule has 1 aliphatic rings. The van der Waals surface area contributed by atoms with Crippen molar-refractivity contribution in [2.24, 2.45) is 23.7 Å². The zero-order chi connectivity index (χ0) is 19.8. The molecule has 2 nitrogen and oxygen atoms in total. The smallest absolute Gasteiger partial charge is 0.0654 e. The average Bonchev–Trinajstić information content (AvgIpc) is 2.51. The van der Waals surface area contributed by atoms with Crippen LogP contribution in [0.4, 0.5) is 0 Å². The fourth-order valence-electron chi connectivity index (χ4n) is 4.37. The third-order valence-corrected chi connectivity index (χ3v) is 6.56. The highest BCUT2D eigenvalue weighted by Gasteiger charge is 2.34. The van der Waals surface area contributed by atoms with Crippen molar-refractivity contribution < 1.29 is 9.84 Å². The van der Waals surface area contributed by atoms with E-state index < -0.39 is 5.60 Å². The van der Waals surface area contributed by atoms with Gasteiger partial charge in [-0.05, 0) is 70.6 Å². The highest BCUT2D eigenvalue weighted by atomic mass is 16.5. The second-order valence-corrected chi connectivity index (χ2v) is 10.7. The van der Waals surface area contributed by atoms with Crippen molar-refractivity contribution >= 4 is 0 Å². The molecule has 0 spiro atoms. The Morgan fingerprint density at radius 3 is 2.08 bits per heavy atom. The second-order valence-electron chi connectivity index (χ2n) is 10.7. The maximum atomic E-state index is 9.86. The minimum absolute atomic E-state index is 0.0552. The summed E-state index contributed by atoms with van der Waals surface area (Å²) in [6, 6.07) is 0. The molecular weight excluding hydrogens is 320 g/mol. The third-order valence-electron chi connectivity index (χ3n) is 6.56. The molecule has 2 heteroatoms. The molecule has 0 amide bonds. The van der Waals surface area contributed by atoms with Gasteiger partial charge in [-0.15, -0.1) is 0 Å². The van der Waals surface area contributed by atoms with Crippen LogP contribution in [0.15, 0.2) is 0 Å². The predicted octanol–water partition coefficient (Wildman–Crippen LogP) is 6.99. The Bertz CT molecular complexity index is 359. The Morgan fingerprint density at radius 2 is 1.54 bits per heavy atom. The zero-order valence-electron chi connectivity index (χ0n) is 18.9. The summed E-state index contributed by atoms with van der Waals surface area (Å²) in [5.41, 5.74) is -0.681. The number of hydrogen-bond acceptors (Lipinski definition) is 2. The van der Waals surface area contributed by atoms with Crippen LogP contribution in [0.25, 0.3) is 0 Å². The molecule has 0 radical (unpaired) electrons. The van der Waals surface area contributed by atoms with Gasteiger partial charge in [0.1, 0.15) is 0 Å². The van der Waals surface area contributed by atoms with Crippen LogP contribution < -0.4 is 0 Å². The minimum Gasteiger partial charge on any atom is -0.390 e. The molecule has 0 aromatic heterocycles. The molecule has 0 bridgehead atoms. The van der Waals surface area contributed by atoms with E-state index in [1.807, 2.05) is 13.8 Å². The maximum absolute atomic E-state index is 9.86. The highest BCUT2D eigenvalue weighted by Crippen LogP contribution is 2.39. The summed E-state index contributed by atoms with van der Waals surface area (Å²) in [5, 5.41) is 9.86. The van der Waals surface area contributed by atoms with E-state index in [4.69, 9.17) is 4.74 Å². The van der Waals surface area contributed by atoms with Gasteiger partial charge in [0.25, 0.3) is 0 Å². The molecule has 156 valence electrons. The first-order valence-corrected chi connectivity index (χ1v) is 11.4. The fraction of sp³-hybridized carbons (Fsp3) is 1.00. The Kier molecular flexibility index (Phi) is 10.2. The lowest BCUT2D eigenvalue weighted by Gasteiger charge is -2.40. The molecule has 1 rings (SSSR count). The van der Waals surface area contributed by atoms with Gasteiger partial charge in [-0.2, -0.15) is 0 Å². The van der Waals surface area contributed by atoms with Crippen molar-refractivity contribution in [3.05, 3.63) is 0 Å². The van der Waals surface area contributed by atoms with Crippen LogP contribution >= 0.6 is 0 Å². The van der Waals surface area contributed by atoms with E-state index in [0.29, 0.717) is 18.9 Å². The normalized spacial score (nSPS) is 23.4. The molecule has 1 N–H and O–H groups in total. The van der Waals surface area contributed by atoms with Gasteiger partial charge < -0.3 is 9.84 Å². The van der Waals surface area contributed by atoms with Crippen molar-refractivity contribution in [2.45, 2.75) is 124 Å². The van der Waals surface area contributed by atoms with E-state index in [1.165, 1.54) is 57.8 Å². The molecule has 0 aromatic rings. The van der Waals surface area contributed by atoms with Crippen LogP contribution in [0.5, 0.6) is 0 Å². The summed E-state index contributed by atoms with van der Waals surface area (Å²) in [7, 11) is 0. The van der Waals surface area contributed by atoms with E-state index in [9.17, 15) is 5.11 Å². The number of rotatable bonds is 12. The van der Waals surface area contributed by atoms with Crippen LogP contribution in [-0.4, -0.2) is 22.9 Å². The van der Waals surface area contributed by atoms with Gasteiger partial charge in [0, 0.05) is 0 Å². The fourth-order valence-corrected chi connectivity index (χ4v) is 4.37. The van der Waals surface area contributed by atoms with E-state index in [1.54, 1.807) is 0 Å². The Morgan fingerprint density at radius 1 is 0.923 bits per heavy atom. The summed E-state index contributed by atoms with van der Waals surface area (Å²) in [6.45, 7) is 16.0. The van der Waals surface area contributed by atoms with E-state index >= 15 is 0 Å². The van der Waals surface area contributed by atoms with Gasteiger partial charge >= 0.3 is 0 Å². The Hall–Kier alpha value is -0.0800. The maximum Gasteiger partial charge on any atom is 0.0654 e. The van der Waals surface area contributed by atoms with Crippen molar-refractivity contribution in [3.8, 4) is 0 Å². The minimum atomic E-state index is -0.625. The molecular formula is C24H48O2. The average molecular weight is 369 g/mol. The Labute approximate surface area is 164 Å². The molecule has 1 fully saturated rings. The number of ether oxygens (including phenoxy) is 1. The summed E-state index contributed by atoms with van der Waals surface area (Å²) < 4.78 is 6.18. The zero-order valence-corrected chi connectivity index (χ0v) is 18.9. The van der Waals surface area contributed by atoms with Crippen LogP contribution in [0.3, 0.4) is 0 Å². The first-order valence-electron chi connectivity index (χ1n) is 11.4. The quantitative estimate of drug-likeness (QED) is 0.402. The molecule has 1 saturated carbocycles. The molecule has 0 saturated heterocycles. The first-order chi connectivity index (χ1) is 12.0. The monoisotopic (exact) mass is 368 g/mol. The SMILES string of the molecule is CC(C)CCCC(C)CCC1CCC(C(C)(C)OCCC(C)(C)O)CC1. The van der Waals surface area contributed by atoms with Crippen molar-refractivity contribution in [2.75, 3.05) is 6.61 Å². The summed E-state index contributed by atoms with van der Waals surface area (Å²) >= 11 is 0. The predicted molar refractivity (Wildman–Crippen MR) is 113 cm³/mol. The molecule has 1 atom stereocenters. The standard InChI is InChI=1S/C24H48O2/c1-19(2)9-8-10-20(3)11-12-21-13-15-22(16-14-21)24(6,7)26-18-17-23(4,5)25/h19-22,25H,8-18H2,1-7H3. The summed E-state index contributed by atoms with van der Waals surface area (Å²) in [4.78, 5) is 0. The van der Waals surface area contributed by atoms with Gasteiger partial charge in [-0.25, -0.2) is 0 Å². The van der Waals surface area contributed by atoms with Gasteiger partial charge in [0.05, 0.1) is 17.8 Å². The number of hydrogen-bond donors (Lipinski definition) is 1. The van der Waals surface area contributed by atoms with Crippen LogP contribution in [-0.2, 0) is 4.74 Å². The molecule has 26 heavy (non-hydrogen) atoms. The second kappa shape index (κ2) is 11.1. The topological polar surface area (TPSA) is 29.5 Å². The lowest BCUT2D eigenvalue weighted by atomic mass is 9.73. The van der Waals surface area contributed by atoms with Crippen molar-refractivity contribution in [1.29, 1.82) is 0 Å². The van der Waals surface area contributed by atoms with Crippen molar-refractivity contribution in [3.63, 3.8) is 0 Å². The lowest BCUT2D eigenvalue weighted by Crippen LogP contribution is -2.38. The van der Waals surface area contributed by atoms with E-state index in [0.717, 1.165) is 17.8 Å². The molecule has 1 unspecified atom stereocenters. The Balaban J connectivity index is 2.22. The molecule has 0 heterocycles. The van der Waals surface area contributed by atoms with Gasteiger partial charge in [0.15, 0.2) is 0 Å². The molecule has 0 aromatic carbocycles. The summed E-state index contributed by atoms with van der Waals surface area (Å²) in [5.74, 6) is 3.36. The van der Waals surface area contributed by atoms with Gasteiger partial charge in [-0.1, -0.05) is 65.7 Å². The molecule has 0 aliphatic heterocycles. The van der Waals surface area contributed by atoms with Gasteiger partial charge in [-0.3, -0.25) is 0 Å². The third kappa shape index (κ3) is 10.3. The lowest BCUT2D eigenvalue weighted by molar-refractivity contribution is -0.0889. The van der Waals surface area contributed by atoms with Crippen LogP contribution in [0, 0.1) is 23.7 Å².